The lowest BCUT2D eigenvalue weighted by molar-refractivity contribution is -0.121. The first-order valence-electron chi connectivity index (χ1n) is 8.93. The minimum atomic E-state index is -0.144. The molecule has 3 heterocycles. The summed E-state index contributed by atoms with van der Waals surface area (Å²) in [4.78, 5) is 19.0. The van der Waals surface area contributed by atoms with Crippen molar-refractivity contribution < 1.29 is 4.79 Å². The molecular formula is C20H20ClN5O. The first-order chi connectivity index (χ1) is 13.2. The molecule has 2 aromatic heterocycles. The van der Waals surface area contributed by atoms with Crippen molar-refractivity contribution in [2.24, 2.45) is 5.92 Å². The molecular weight excluding hydrogens is 362 g/mol. The first kappa shape index (κ1) is 17.7. The minimum absolute atomic E-state index is 0.0859. The standard InChI is InChI=1S/C20H20ClN5O/c21-17-3-1-14(2-4-17)11-16-13-23-9-10-26(20(16)27)19-12-18(24-25-19)15-5-7-22-8-6-15/h1-8,12,16,23H,9-11,13H2,(H,24,25)/t16-/m1/s1. The van der Waals surface area contributed by atoms with Gasteiger partial charge in [-0.25, -0.2) is 0 Å². The molecule has 0 radical (unpaired) electrons. The lowest BCUT2D eigenvalue weighted by Gasteiger charge is -2.21. The summed E-state index contributed by atoms with van der Waals surface area (Å²) < 4.78 is 0. The maximum absolute atomic E-state index is 13.2. The highest BCUT2D eigenvalue weighted by Gasteiger charge is 2.29. The van der Waals surface area contributed by atoms with Crippen molar-refractivity contribution in [2.75, 3.05) is 24.5 Å². The molecule has 1 fully saturated rings. The topological polar surface area (TPSA) is 73.9 Å². The molecule has 7 heteroatoms. The molecule has 0 unspecified atom stereocenters. The normalized spacial score (nSPS) is 17.7. The van der Waals surface area contributed by atoms with Crippen LogP contribution in [0.1, 0.15) is 5.56 Å². The predicted molar refractivity (Wildman–Crippen MR) is 106 cm³/mol. The Morgan fingerprint density at radius 3 is 2.70 bits per heavy atom. The van der Waals surface area contributed by atoms with E-state index in [9.17, 15) is 4.79 Å². The molecule has 2 N–H and O–H groups in total. The summed E-state index contributed by atoms with van der Waals surface area (Å²) in [6.07, 6.45) is 4.14. The van der Waals surface area contributed by atoms with Crippen LogP contribution in [0.15, 0.2) is 54.9 Å². The summed E-state index contributed by atoms with van der Waals surface area (Å²) in [7, 11) is 0. The molecule has 1 aliphatic heterocycles. The van der Waals surface area contributed by atoms with Gasteiger partial charge in [-0.1, -0.05) is 23.7 Å². The number of pyridine rings is 1. The van der Waals surface area contributed by atoms with Crippen LogP contribution in [0.2, 0.25) is 5.02 Å². The van der Waals surface area contributed by atoms with Crippen molar-refractivity contribution in [1.29, 1.82) is 0 Å². The maximum atomic E-state index is 13.2. The lowest BCUT2D eigenvalue weighted by Crippen LogP contribution is -2.37. The Kier molecular flexibility index (Phi) is 5.18. The molecule has 0 bridgehead atoms. The van der Waals surface area contributed by atoms with Gasteiger partial charge in [0.25, 0.3) is 0 Å². The molecule has 138 valence electrons. The number of nitrogens with one attached hydrogen (secondary N) is 2. The van der Waals surface area contributed by atoms with Crippen LogP contribution >= 0.6 is 11.6 Å². The van der Waals surface area contributed by atoms with E-state index in [1.807, 2.05) is 42.5 Å². The van der Waals surface area contributed by atoms with Crippen LogP contribution in [0.5, 0.6) is 0 Å². The molecule has 0 saturated carbocycles. The summed E-state index contributed by atoms with van der Waals surface area (Å²) in [6, 6.07) is 13.4. The number of halogens is 1. The van der Waals surface area contributed by atoms with E-state index < -0.39 is 0 Å². The third-order valence-corrected chi connectivity index (χ3v) is 5.00. The summed E-state index contributed by atoms with van der Waals surface area (Å²) >= 11 is 5.96. The number of H-pyrrole nitrogens is 1. The Bertz CT molecular complexity index is 910. The number of amides is 1. The van der Waals surface area contributed by atoms with Gasteiger partial charge in [0.1, 0.15) is 0 Å². The Hall–Kier alpha value is -2.70. The molecule has 27 heavy (non-hydrogen) atoms. The maximum Gasteiger partial charge on any atom is 0.232 e. The van der Waals surface area contributed by atoms with Gasteiger partial charge in [0.15, 0.2) is 5.82 Å². The van der Waals surface area contributed by atoms with Gasteiger partial charge in [0.2, 0.25) is 5.91 Å². The van der Waals surface area contributed by atoms with E-state index in [0.29, 0.717) is 30.4 Å². The van der Waals surface area contributed by atoms with Crippen molar-refractivity contribution in [1.82, 2.24) is 20.5 Å². The Morgan fingerprint density at radius 1 is 1.15 bits per heavy atom. The third-order valence-electron chi connectivity index (χ3n) is 4.75. The van der Waals surface area contributed by atoms with Gasteiger partial charge in [-0.05, 0) is 36.2 Å². The van der Waals surface area contributed by atoms with Gasteiger partial charge in [-0.2, -0.15) is 5.10 Å². The molecule has 1 aliphatic rings. The molecule has 0 aliphatic carbocycles. The third kappa shape index (κ3) is 4.02. The minimum Gasteiger partial charge on any atom is -0.314 e. The molecule has 1 saturated heterocycles. The van der Waals surface area contributed by atoms with Gasteiger partial charge in [0, 0.05) is 48.7 Å². The van der Waals surface area contributed by atoms with E-state index >= 15 is 0 Å². The Morgan fingerprint density at radius 2 is 1.93 bits per heavy atom. The number of benzene rings is 1. The fourth-order valence-electron chi connectivity index (χ4n) is 3.31. The number of hydrogen-bond acceptors (Lipinski definition) is 4. The fourth-order valence-corrected chi connectivity index (χ4v) is 3.43. The number of nitrogens with zero attached hydrogens (tertiary/aromatic N) is 3. The zero-order valence-corrected chi connectivity index (χ0v) is 15.5. The van der Waals surface area contributed by atoms with Crippen molar-refractivity contribution in [3.05, 3.63) is 65.4 Å². The SMILES string of the molecule is O=C1[C@H](Cc2ccc(Cl)cc2)CNCCN1c1cc(-c2ccncc2)[nH]n1. The van der Waals surface area contributed by atoms with E-state index in [1.54, 1.807) is 17.3 Å². The van der Waals surface area contributed by atoms with Crippen LogP contribution in [0.25, 0.3) is 11.3 Å². The lowest BCUT2D eigenvalue weighted by atomic mass is 9.98. The molecule has 1 atom stereocenters. The number of rotatable bonds is 4. The molecule has 0 spiro atoms. The fraction of sp³-hybridized carbons (Fsp3) is 0.250. The molecule has 4 rings (SSSR count). The number of carbonyl (C=O) groups excluding carboxylic acids is 1. The number of anilines is 1. The van der Waals surface area contributed by atoms with Crippen LogP contribution in [-0.2, 0) is 11.2 Å². The van der Waals surface area contributed by atoms with Crippen molar-refractivity contribution in [3.63, 3.8) is 0 Å². The summed E-state index contributed by atoms with van der Waals surface area (Å²) in [5.74, 6) is 0.592. The number of hydrogen-bond donors (Lipinski definition) is 2. The average Bonchev–Trinajstić information content (AvgIpc) is 3.11. The molecule has 3 aromatic rings. The van der Waals surface area contributed by atoms with E-state index in [0.717, 1.165) is 23.4 Å². The van der Waals surface area contributed by atoms with Crippen molar-refractivity contribution in [2.45, 2.75) is 6.42 Å². The van der Waals surface area contributed by atoms with E-state index in [1.165, 1.54) is 0 Å². The van der Waals surface area contributed by atoms with Crippen LogP contribution < -0.4 is 10.2 Å². The van der Waals surface area contributed by atoms with Gasteiger partial charge in [-0.3, -0.25) is 19.8 Å². The van der Waals surface area contributed by atoms with Crippen LogP contribution in [0, 0.1) is 5.92 Å². The van der Waals surface area contributed by atoms with Crippen molar-refractivity contribution in [3.8, 4) is 11.3 Å². The van der Waals surface area contributed by atoms with E-state index in [4.69, 9.17) is 11.6 Å². The first-order valence-corrected chi connectivity index (χ1v) is 9.31. The molecule has 1 amide bonds. The predicted octanol–water partition coefficient (Wildman–Crippen LogP) is 2.92. The average molecular weight is 382 g/mol. The second kappa shape index (κ2) is 7.90. The number of aromatic nitrogens is 3. The van der Waals surface area contributed by atoms with Gasteiger partial charge < -0.3 is 5.32 Å². The van der Waals surface area contributed by atoms with E-state index in [2.05, 4.69) is 20.5 Å². The van der Waals surface area contributed by atoms with Gasteiger partial charge in [0.05, 0.1) is 11.6 Å². The zero-order chi connectivity index (χ0) is 18.6. The Balaban J connectivity index is 1.54. The second-order valence-electron chi connectivity index (χ2n) is 6.60. The zero-order valence-electron chi connectivity index (χ0n) is 14.7. The molecule has 6 nitrogen and oxygen atoms in total. The number of carbonyl (C=O) groups is 1. The monoisotopic (exact) mass is 381 g/mol. The largest absolute Gasteiger partial charge is 0.314 e. The Labute approximate surface area is 162 Å². The van der Waals surface area contributed by atoms with Crippen LogP contribution in [0.3, 0.4) is 0 Å². The quantitative estimate of drug-likeness (QED) is 0.728. The smallest absolute Gasteiger partial charge is 0.232 e. The highest BCUT2D eigenvalue weighted by Crippen LogP contribution is 2.24. The molecule has 1 aromatic carbocycles. The van der Waals surface area contributed by atoms with Crippen LogP contribution in [-0.4, -0.2) is 40.7 Å². The van der Waals surface area contributed by atoms with Crippen molar-refractivity contribution >= 4 is 23.3 Å². The summed E-state index contributed by atoms with van der Waals surface area (Å²) in [6.45, 7) is 1.98. The van der Waals surface area contributed by atoms with E-state index in [-0.39, 0.29) is 11.8 Å². The second-order valence-corrected chi connectivity index (χ2v) is 7.03. The highest BCUT2D eigenvalue weighted by molar-refractivity contribution is 6.30. The highest BCUT2D eigenvalue weighted by atomic mass is 35.5. The number of aromatic amines is 1. The van der Waals surface area contributed by atoms with Gasteiger partial charge in [-0.15, -0.1) is 0 Å². The van der Waals surface area contributed by atoms with Crippen LogP contribution in [0.4, 0.5) is 5.82 Å². The summed E-state index contributed by atoms with van der Waals surface area (Å²) in [5.41, 5.74) is 2.95. The van der Waals surface area contributed by atoms with Gasteiger partial charge >= 0.3 is 0 Å². The summed E-state index contributed by atoms with van der Waals surface area (Å²) in [5, 5.41) is 11.5.